The molecule has 0 aliphatic heterocycles. The van der Waals surface area contributed by atoms with Gasteiger partial charge in [-0.1, -0.05) is 13.8 Å². The maximum absolute atomic E-state index is 11.5. The van der Waals surface area contributed by atoms with Gasteiger partial charge in [0.2, 0.25) is 5.91 Å². The predicted octanol–water partition coefficient (Wildman–Crippen LogP) is 1.65. The third kappa shape index (κ3) is 8.75. The molecule has 0 radical (unpaired) electrons. The lowest BCUT2D eigenvalue weighted by Crippen LogP contribution is -2.32. The van der Waals surface area contributed by atoms with Gasteiger partial charge in [-0.05, 0) is 31.4 Å². The zero-order valence-electron chi connectivity index (χ0n) is 9.95. The van der Waals surface area contributed by atoms with Crippen LogP contribution in [-0.2, 0) is 4.79 Å². The normalized spacial score (nSPS) is 12.9. The van der Waals surface area contributed by atoms with E-state index < -0.39 is 0 Å². The molecule has 0 heterocycles. The third-order valence-corrected chi connectivity index (χ3v) is 3.30. The number of aliphatic hydroxyl groups is 1. The first-order valence-electron chi connectivity index (χ1n) is 5.58. The smallest absolute Gasteiger partial charge is 0.232 e. The molecule has 15 heavy (non-hydrogen) atoms. The van der Waals surface area contributed by atoms with Gasteiger partial charge in [0.25, 0.3) is 0 Å². The van der Waals surface area contributed by atoms with Crippen LogP contribution in [0.3, 0.4) is 0 Å². The lowest BCUT2D eigenvalue weighted by molar-refractivity contribution is -0.120. The maximum atomic E-state index is 11.5. The number of carbonyl (C=O) groups excluding carboxylic acids is 1. The highest BCUT2D eigenvalue weighted by Gasteiger charge is 2.11. The number of hydrogen-bond acceptors (Lipinski definition) is 3. The quantitative estimate of drug-likeness (QED) is 0.627. The number of thioether (sulfide) groups is 1. The number of nitrogens with one attached hydrogen (secondary N) is 1. The van der Waals surface area contributed by atoms with Crippen LogP contribution in [0.1, 0.15) is 33.6 Å². The van der Waals surface area contributed by atoms with Crippen molar-refractivity contribution in [2.45, 2.75) is 38.9 Å². The van der Waals surface area contributed by atoms with Crippen LogP contribution in [0, 0.1) is 5.92 Å². The van der Waals surface area contributed by atoms with Gasteiger partial charge in [0.05, 0.1) is 5.25 Å². The molecule has 0 aromatic carbocycles. The highest BCUT2D eigenvalue weighted by atomic mass is 32.2. The minimum absolute atomic E-state index is 0.0105. The molecule has 0 spiro atoms. The molecule has 4 heteroatoms. The van der Waals surface area contributed by atoms with Crippen LogP contribution in [0.5, 0.6) is 0 Å². The Hall–Kier alpha value is -0.220. The van der Waals surface area contributed by atoms with Gasteiger partial charge in [0.1, 0.15) is 0 Å². The molecule has 0 fully saturated rings. The molecular weight excluding hydrogens is 210 g/mol. The Morgan fingerprint density at radius 1 is 1.40 bits per heavy atom. The van der Waals surface area contributed by atoms with Crippen molar-refractivity contribution in [3.63, 3.8) is 0 Å². The van der Waals surface area contributed by atoms with E-state index in [0.717, 1.165) is 25.1 Å². The average Bonchev–Trinajstić information content (AvgIpc) is 2.17. The van der Waals surface area contributed by atoms with Gasteiger partial charge in [-0.3, -0.25) is 4.79 Å². The highest BCUT2D eigenvalue weighted by Crippen LogP contribution is 2.11. The van der Waals surface area contributed by atoms with E-state index in [-0.39, 0.29) is 17.8 Å². The standard InChI is InChI=1S/C11H23NO2S/c1-9(2)5-6-12-11(14)10(3)15-8-4-7-13/h9-10,13H,4-8H2,1-3H3,(H,12,14). The van der Waals surface area contributed by atoms with Crippen LogP contribution >= 0.6 is 11.8 Å². The molecule has 1 atom stereocenters. The van der Waals surface area contributed by atoms with E-state index in [0.29, 0.717) is 5.92 Å². The summed E-state index contributed by atoms with van der Waals surface area (Å²) in [5.41, 5.74) is 0. The van der Waals surface area contributed by atoms with Gasteiger partial charge in [-0.15, -0.1) is 11.8 Å². The molecule has 0 bridgehead atoms. The Labute approximate surface area is 97.0 Å². The Bertz CT molecular complexity index is 174. The molecule has 1 amide bonds. The molecule has 0 rings (SSSR count). The van der Waals surface area contributed by atoms with Gasteiger partial charge < -0.3 is 10.4 Å². The SMILES string of the molecule is CC(C)CCNC(=O)C(C)SCCCO. The number of hydrogen-bond donors (Lipinski definition) is 2. The van der Waals surface area contributed by atoms with Crippen LogP contribution in [0.4, 0.5) is 0 Å². The lowest BCUT2D eigenvalue weighted by atomic mass is 10.1. The minimum Gasteiger partial charge on any atom is -0.396 e. The molecule has 90 valence electrons. The van der Waals surface area contributed by atoms with Crippen molar-refractivity contribution >= 4 is 17.7 Å². The topological polar surface area (TPSA) is 49.3 Å². The summed E-state index contributed by atoms with van der Waals surface area (Å²) in [4.78, 5) is 11.5. The van der Waals surface area contributed by atoms with Crippen molar-refractivity contribution in [1.29, 1.82) is 0 Å². The zero-order chi connectivity index (χ0) is 11.7. The second-order valence-corrected chi connectivity index (χ2v) is 5.51. The van der Waals surface area contributed by atoms with E-state index in [2.05, 4.69) is 19.2 Å². The monoisotopic (exact) mass is 233 g/mol. The van der Waals surface area contributed by atoms with Crippen molar-refractivity contribution in [2.24, 2.45) is 5.92 Å². The fraction of sp³-hybridized carbons (Fsp3) is 0.909. The number of rotatable bonds is 8. The Balaban J connectivity index is 3.51. The van der Waals surface area contributed by atoms with Crippen molar-refractivity contribution in [3.8, 4) is 0 Å². The summed E-state index contributed by atoms with van der Waals surface area (Å²) >= 11 is 1.60. The Morgan fingerprint density at radius 3 is 2.60 bits per heavy atom. The molecule has 0 saturated heterocycles. The molecule has 2 N–H and O–H groups in total. The fourth-order valence-corrected chi connectivity index (χ4v) is 1.91. The molecule has 0 aliphatic rings. The maximum Gasteiger partial charge on any atom is 0.232 e. The van der Waals surface area contributed by atoms with Gasteiger partial charge in [-0.2, -0.15) is 0 Å². The Morgan fingerprint density at radius 2 is 2.07 bits per heavy atom. The lowest BCUT2D eigenvalue weighted by Gasteiger charge is -2.12. The second-order valence-electron chi connectivity index (χ2n) is 4.06. The van der Waals surface area contributed by atoms with E-state index >= 15 is 0 Å². The summed E-state index contributed by atoms with van der Waals surface area (Å²) in [6, 6.07) is 0. The molecule has 3 nitrogen and oxygen atoms in total. The van der Waals surface area contributed by atoms with Crippen molar-refractivity contribution in [1.82, 2.24) is 5.32 Å². The van der Waals surface area contributed by atoms with Crippen LogP contribution in [0.15, 0.2) is 0 Å². The van der Waals surface area contributed by atoms with Crippen molar-refractivity contribution < 1.29 is 9.90 Å². The highest BCUT2D eigenvalue weighted by molar-refractivity contribution is 8.00. The van der Waals surface area contributed by atoms with Gasteiger partial charge in [-0.25, -0.2) is 0 Å². The van der Waals surface area contributed by atoms with Gasteiger partial charge in [0.15, 0.2) is 0 Å². The number of carbonyl (C=O) groups is 1. The zero-order valence-corrected chi connectivity index (χ0v) is 10.8. The van der Waals surface area contributed by atoms with Gasteiger partial charge in [0, 0.05) is 13.2 Å². The summed E-state index contributed by atoms with van der Waals surface area (Å²) in [6.45, 7) is 7.17. The number of aliphatic hydroxyl groups excluding tert-OH is 1. The largest absolute Gasteiger partial charge is 0.396 e. The van der Waals surface area contributed by atoms with Crippen molar-refractivity contribution in [3.05, 3.63) is 0 Å². The van der Waals surface area contributed by atoms with Crippen LogP contribution in [0.2, 0.25) is 0 Å². The van der Waals surface area contributed by atoms with E-state index in [1.165, 1.54) is 0 Å². The summed E-state index contributed by atoms with van der Waals surface area (Å²) in [7, 11) is 0. The average molecular weight is 233 g/mol. The van der Waals surface area contributed by atoms with E-state index in [1.807, 2.05) is 6.92 Å². The fourth-order valence-electron chi connectivity index (χ4n) is 1.03. The molecule has 0 aromatic rings. The molecule has 1 unspecified atom stereocenters. The van der Waals surface area contributed by atoms with E-state index in [9.17, 15) is 4.79 Å². The molecule has 0 saturated carbocycles. The van der Waals surface area contributed by atoms with Crippen molar-refractivity contribution in [2.75, 3.05) is 18.9 Å². The van der Waals surface area contributed by atoms with E-state index in [4.69, 9.17) is 5.11 Å². The van der Waals surface area contributed by atoms with Crippen LogP contribution in [0.25, 0.3) is 0 Å². The first-order valence-corrected chi connectivity index (χ1v) is 6.63. The Kier molecular flexibility index (Phi) is 8.91. The first kappa shape index (κ1) is 14.8. The van der Waals surface area contributed by atoms with Crippen LogP contribution in [-0.4, -0.2) is 35.2 Å². The minimum atomic E-state index is -0.0105. The van der Waals surface area contributed by atoms with E-state index in [1.54, 1.807) is 11.8 Å². The summed E-state index contributed by atoms with van der Waals surface area (Å²) in [5.74, 6) is 1.58. The molecule has 0 aromatic heterocycles. The number of amides is 1. The summed E-state index contributed by atoms with van der Waals surface area (Å²) < 4.78 is 0. The molecular formula is C11H23NO2S. The van der Waals surface area contributed by atoms with Crippen LogP contribution < -0.4 is 5.32 Å². The first-order chi connectivity index (χ1) is 7.07. The molecule has 0 aliphatic carbocycles. The van der Waals surface area contributed by atoms with Gasteiger partial charge >= 0.3 is 0 Å². The second kappa shape index (κ2) is 9.04. The summed E-state index contributed by atoms with van der Waals surface area (Å²) in [6.07, 6.45) is 1.79. The summed E-state index contributed by atoms with van der Waals surface area (Å²) in [5, 5.41) is 11.5. The third-order valence-electron chi connectivity index (χ3n) is 2.06. The predicted molar refractivity (Wildman–Crippen MR) is 66.1 cm³/mol.